The lowest BCUT2D eigenvalue weighted by Gasteiger charge is -2.18. The molecule has 190 valence electrons. The van der Waals surface area contributed by atoms with Crippen molar-refractivity contribution in [2.24, 2.45) is 0 Å². The molecule has 0 aliphatic rings. The van der Waals surface area contributed by atoms with E-state index in [1.807, 2.05) is 66.7 Å². The molecule has 1 aromatic heterocycles. The molecular formula is C40H24O. The molecule has 0 radical (unpaired) electrons. The van der Waals surface area contributed by atoms with E-state index in [9.17, 15) is 0 Å². The van der Waals surface area contributed by atoms with Crippen LogP contribution in [0.1, 0.15) is 9.60 Å². The summed E-state index contributed by atoms with van der Waals surface area (Å²) >= 11 is 0. The Labute approximate surface area is 246 Å². The second-order valence-corrected chi connectivity index (χ2v) is 10.3. The monoisotopic (exact) mass is 527 g/mol. The highest BCUT2D eigenvalue weighted by Gasteiger charge is 2.19. The minimum Gasteiger partial charge on any atom is -0.455 e. The van der Waals surface area contributed by atoms with Crippen molar-refractivity contribution < 1.29 is 14.0 Å². The van der Waals surface area contributed by atoms with Crippen LogP contribution in [-0.4, -0.2) is 0 Å². The van der Waals surface area contributed by atoms with Crippen molar-refractivity contribution in [3.05, 3.63) is 145 Å². The molecule has 9 rings (SSSR count). The maximum Gasteiger partial charge on any atom is 0.143 e. The highest BCUT2D eigenvalue weighted by atomic mass is 16.3. The summed E-state index contributed by atoms with van der Waals surface area (Å²) in [6.45, 7) is 0. The smallest absolute Gasteiger partial charge is 0.143 e. The van der Waals surface area contributed by atoms with E-state index in [1.165, 1.54) is 0 Å². The fourth-order valence-electron chi connectivity index (χ4n) is 6.37. The number of fused-ring (bicyclic) bond motifs is 8. The molecule has 0 N–H and O–H groups in total. The first-order valence-electron chi connectivity index (χ1n) is 17.0. The van der Waals surface area contributed by atoms with Gasteiger partial charge in [-0.15, -0.1) is 0 Å². The van der Waals surface area contributed by atoms with Gasteiger partial charge in [0.15, 0.2) is 0 Å². The predicted molar refractivity (Wildman–Crippen MR) is 175 cm³/mol. The van der Waals surface area contributed by atoms with Gasteiger partial charge in [0.2, 0.25) is 0 Å². The molecule has 9 aromatic rings. The first kappa shape index (κ1) is 16.6. The lowest BCUT2D eigenvalue weighted by Crippen LogP contribution is -1.91. The highest BCUT2D eigenvalue weighted by Crippen LogP contribution is 2.46. The third kappa shape index (κ3) is 3.24. The average Bonchev–Trinajstić information content (AvgIpc) is 3.50. The molecule has 0 atom stereocenters. The van der Waals surface area contributed by atoms with E-state index in [0.29, 0.717) is 5.56 Å². The Morgan fingerprint density at radius 3 is 1.88 bits per heavy atom. The van der Waals surface area contributed by atoms with Crippen LogP contribution in [-0.2, 0) is 0 Å². The molecule has 0 fully saturated rings. The van der Waals surface area contributed by atoms with Crippen LogP contribution in [0.25, 0.3) is 87.3 Å². The van der Waals surface area contributed by atoms with Gasteiger partial charge in [-0.1, -0.05) is 127 Å². The molecular weight excluding hydrogens is 496 g/mol. The molecule has 0 spiro atoms. The van der Waals surface area contributed by atoms with Crippen LogP contribution in [0.2, 0.25) is 0 Å². The van der Waals surface area contributed by atoms with Gasteiger partial charge in [-0.3, -0.25) is 0 Å². The lowest BCUT2D eigenvalue weighted by atomic mass is 9.84. The Morgan fingerprint density at radius 2 is 1.10 bits per heavy atom. The van der Waals surface area contributed by atoms with Gasteiger partial charge in [0.25, 0.3) is 0 Å². The van der Waals surface area contributed by atoms with Gasteiger partial charge in [0, 0.05) is 16.2 Å². The normalized spacial score (nSPS) is 14.3. The third-order valence-electron chi connectivity index (χ3n) is 8.14. The third-order valence-corrected chi connectivity index (χ3v) is 8.14. The quantitative estimate of drug-likeness (QED) is 0.204. The second kappa shape index (κ2) is 8.55. The van der Waals surface area contributed by atoms with E-state index in [2.05, 4.69) is 36.4 Å². The Morgan fingerprint density at radius 1 is 0.439 bits per heavy atom. The van der Waals surface area contributed by atoms with Crippen molar-refractivity contribution in [3.63, 3.8) is 0 Å². The van der Waals surface area contributed by atoms with Gasteiger partial charge in [-0.05, 0) is 78.2 Å². The Bertz CT molecular complexity index is 2810. The van der Waals surface area contributed by atoms with Crippen LogP contribution in [0.15, 0.2) is 150 Å². The van der Waals surface area contributed by atoms with Crippen LogP contribution in [0.3, 0.4) is 0 Å². The summed E-state index contributed by atoms with van der Waals surface area (Å²) < 4.78 is 67.3. The molecule has 0 aliphatic heterocycles. The number of hydrogen-bond acceptors (Lipinski definition) is 1. The molecule has 0 saturated heterocycles. The molecule has 0 amide bonds. The summed E-state index contributed by atoms with van der Waals surface area (Å²) in [5.74, 6) is 0. The zero-order valence-electron chi connectivity index (χ0n) is 28.7. The highest BCUT2D eigenvalue weighted by molar-refractivity contribution is 6.24. The molecule has 0 unspecified atom stereocenters. The minimum atomic E-state index is -0.468. The molecule has 0 saturated carbocycles. The Kier molecular flexibility index (Phi) is 3.47. The number of furan rings is 1. The van der Waals surface area contributed by atoms with Crippen molar-refractivity contribution in [3.8, 4) is 22.3 Å². The number of hydrogen-bond donors (Lipinski definition) is 0. The van der Waals surface area contributed by atoms with Crippen LogP contribution < -0.4 is 0 Å². The Hall–Kier alpha value is -5.40. The van der Waals surface area contributed by atoms with Gasteiger partial charge in [-0.2, -0.15) is 0 Å². The van der Waals surface area contributed by atoms with E-state index < -0.39 is 12.1 Å². The van der Waals surface area contributed by atoms with Crippen LogP contribution in [0.4, 0.5) is 0 Å². The average molecular weight is 528 g/mol. The van der Waals surface area contributed by atoms with Crippen molar-refractivity contribution in [2.45, 2.75) is 0 Å². The summed E-state index contributed by atoms with van der Waals surface area (Å²) in [7, 11) is 0. The van der Waals surface area contributed by atoms with Crippen LogP contribution in [0, 0.1) is 0 Å². The fourth-order valence-corrected chi connectivity index (χ4v) is 6.37. The number of rotatable bonds is 2. The predicted octanol–water partition coefficient (Wildman–Crippen LogP) is 11.5. The SMILES string of the molecule is [2H]c1c([2H])c([2H])c2c(-c3c4ccccc4c(-c4ccc5oc6c7ccccc7ccc6c5c4)c4ccccc34)c([2H])c([2H])c([2H])c2c1[2H]. The summed E-state index contributed by atoms with van der Waals surface area (Å²) in [4.78, 5) is 0. The Balaban J connectivity index is 1.43. The van der Waals surface area contributed by atoms with Gasteiger partial charge in [-0.25, -0.2) is 0 Å². The summed E-state index contributed by atoms with van der Waals surface area (Å²) in [5, 5.41) is 7.51. The summed E-state index contributed by atoms with van der Waals surface area (Å²) in [6, 6.07) is 31.6. The van der Waals surface area contributed by atoms with Gasteiger partial charge >= 0.3 is 0 Å². The molecule has 1 nitrogen and oxygen atoms in total. The largest absolute Gasteiger partial charge is 0.455 e. The van der Waals surface area contributed by atoms with Gasteiger partial charge in [0.05, 0.1) is 9.60 Å². The first-order valence-corrected chi connectivity index (χ1v) is 13.5. The lowest BCUT2D eigenvalue weighted by molar-refractivity contribution is 0.672. The summed E-state index contributed by atoms with van der Waals surface area (Å²) in [5.41, 5.74) is 4.39. The molecule has 1 heterocycles. The molecule has 41 heavy (non-hydrogen) atoms. The molecule has 0 bridgehead atoms. The van der Waals surface area contributed by atoms with Gasteiger partial charge < -0.3 is 4.42 Å². The van der Waals surface area contributed by atoms with E-state index >= 15 is 0 Å². The van der Waals surface area contributed by atoms with Crippen LogP contribution >= 0.6 is 0 Å². The maximum atomic E-state index is 9.15. The molecule has 0 aliphatic carbocycles. The maximum absolute atomic E-state index is 9.15. The topological polar surface area (TPSA) is 13.1 Å². The van der Waals surface area contributed by atoms with Crippen molar-refractivity contribution in [1.29, 1.82) is 0 Å². The minimum absolute atomic E-state index is 0.0564. The fraction of sp³-hybridized carbons (Fsp3) is 0. The van der Waals surface area contributed by atoms with E-state index in [-0.39, 0.29) is 46.5 Å². The van der Waals surface area contributed by atoms with Crippen molar-refractivity contribution in [1.82, 2.24) is 0 Å². The van der Waals surface area contributed by atoms with E-state index in [1.54, 1.807) is 0 Å². The van der Waals surface area contributed by atoms with Crippen LogP contribution in [0.5, 0.6) is 0 Å². The summed E-state index contributed by atoms with van der Waals surface area (Å²) in [6.07, 6.45) is 0. The van der Waals surface area contributed by atoms with E-state index in [0.717, 1.165) is 65.4 Å². The molecule has 8 aromatic carbocycles. The molecule has 1 heteroatoms. The van der Waals surface area contributed by atoms with Gasteiger partial charge in [0.1, 0.15) is 11.2 Å². The first-order chi connectivity index (χ1) is 23.3. The zero-order valence-corrected chi connectivity index (χ0v) is 21.7. The standard InChI is InChI=1S/C40H24O/c1-3-13-28-25(10-1)12-9-19-30(28)39-33-17-7-5-15-31(33)38(32-16-6-8-18-34(32)39)27-21-23-37-36(24-27)35-22-20-26-11-2-4-14-29(26)40(35)41-37/h1-24H/i1D,3D,9D,10D,12D,13D,19D. The number of benzene rings is 8. The van der Waals surface area contributed by atoms with Crippen molar-refractivity contribution in [2.75, 3.05) is 0 Å². The van der Waals surface area contributed by atoms with Crippen molar-refractivity contribution >= 4 is 65.0 Å². The second-order valence-electron chi connectivity index (χ2n) is 10.3. The van der Waals surface area contributed by atoms with E-state index in [4.69, 9.17) is 14.0 Å². The zero-order chi connectivity index (χ0) is 33.0.